The summed E-state index contributed by atoms with van der Waals surface area (Å²) in [4.78, 5) is 0. The van der Waals surface area contributed by atoms with E-state index in [0.29, 0.717) is 0 Å². The molecule has 15 heavy (non-hydrogen) atoms. The second-order valence-electron chi connectivity index (χ2n) is 2.76. The van der Waals surface area contributed by atoms with Gasteiger partial charge in [-0.15, -0.1) is 0 Å². The summed E-state index contributed by atoms with van der Waals surface area (Å²) in [6.07, 6.45) is 1.39. The van der Waals surface area contributed by atoms with Gasteiger partial charge in [-0.1, -0.05) is 0 Å². The predicted octanol–water partition coefficient (Wildman–Crippen LogP) is 2.54. The third-order valence-electron chi connectivity index (χ3n) is 1.72. The molecule has 0 radical (unpaired) electrons. The SMILES string of the molecule is CCOP(=O)(OCC)C(O)c1ccco1. The normalized spacial score (nSPS) is 14.1. The molecule has 1 heterocycles. The highest BCUT2D eigenvalue weighted by molar-refractivity contribution is 7.54. The first-order chi connectivity index (χ1) is 7.14. The Hall–Kier alpha value is -0.610. The minimum absolute atomic E-state index is 0.181. The van der Waals surface area contributed by atoms with E-state index >= 15 is 0 Å². The molecule has 0 spiro atoms. The highest BCUT2D eigenvalue weighted by atomic mass is 31.2. The van der Waals surface area contributed by atoms with Crippen molar-refractivity contribution < 1.29 is 23.1 Å². The number of aliphatic hydroxyl groups excluding tert-OH is 1. The average Bonchev–Trinajstić information content (AvgIpc) is 2.70. The lowest BCUT2D eigenvalue weighted by atomic mass is 10.5. The lowest BCUT2D eigenvalue weighted by Crippen LogP contribution is -2.05. The predicted molar refractivity (Wildman–Crippen MR) is 54.5 cm³/mol. The third kappa shape index (κ3) is 2.92. The Morgan fingerprint density at radius 1 is 1.47 bits per heavy atom. The lowest BCUT2D eigenvalue weighted by Gasteiger charge is -2.20. The maximum Gasteiger partial charge on any atom is 0.366 e. The molecule has 1 atom stereocenters. The molecule has 0 saturated carbocycles. The van der Waals surface area contributed by atoms with Crippen LogP contribution in [-0.4, -0.2) is 18.3 Å². The first-order valence-corrected chi connectivity index (χ1v) is 6.35. The van der Waals surface area contributed by atoms with Crippen molar-refractivity contribution in [2.75, 3.05) is 13.2 Å². The van der Waals surface area contributed by atoms with Crippen LogP contribution in [0.1, 0.15) is 25.5 Å². The van der Waals surface area contributed by atoms with Gasteiger partial charge < -0.3 is 18.6 Å². The summed E-state index contributed by atoms with van der Waals surface area (Å²) in [5.41, 5.74) is 0. The van der Waals surface area contributed by atoms with Crippen molar-refractivity contribution >= 4 is 7.60 Å². The van der Waals surface area contributed by atoms with Crippen molar-refractivity contribution in [3.63, 3.8) is 0 Å². The fourth-order valence-corrected chi connectivity index (χ4v) is 2.67. The van der Waals surface area contributed by atoms with Crippen molar-refractivity contribution in [3.05, 3.63) is 24.2 Å². The monoisotopic (exact) mass is 234 g/mol. The van der Waals surface area contributed by atoms with Crippen LogP contribution in [-0.2, 0) is 13.6 Å². The van der Waals surface area contributed by atoms with Gasteiger partial charge in [-0.2, -0.15) is 0 Å². The number of hydrogen-bond donors (Lipinski definition) is 1. The first-order valence-electron chi connectivity index (χ1n) is 4.74. The standard InChI is InChI=1S/C9H15O5P/c1-3-13-15(11,14-4-2)9(10)8-6-5-7-12-8/h5-7,9-10H,3-4H2,1-2H3. The minimum atomic E-state index is -3.54. The van der Waals surface area contributed by atoms with E-state index in [1.54, 1.807) is 19.9 Å². The van der Waals surface area contributed by atoms with E-state index in [4.69, 9.17) is 13.5 Å². The molecular formula is C9H15O5P. The topological polar surface area (TPSA) is 68.9 Å². The Kier molecular flexibility index (Phi) is 4.54. The van der Waals surface area contributed by atoms with Gasteiger partial charge in [0.1, 0.15) is 5.76 Å². The average molecular weight is 234 g/mol. The fraction of sp³-hybridized carbons (Fsp3) is 0.556. The van der Waals surface area contributed by atoms with Crippen LogP contribution in [0.25, 0.3) is 0 Å². The Bertz CT molecular complexity index is 311. The fourth-order valence-electron chi connectivity index (χ4n) is 1.13. The van der Waals surface area contributed by atoms with Gasteiger partial charge in [0, 0.05) is 0 Å². The highest BCUT2D eigenvalue weighted by Crippen LogP contribution is 2.59. The Balaban J connectivity index is 2.84. The van der Waals surface area contributed by atoms with Crippen LogP contribution in [0.5, 0.6) is 0 Å². The Morgan fingerprint density at radius 3 is 2.47 bits per heavy atom. The molecule has 0 aliphatic heterocycles. The van der Waals surface area contributed by atoms with Gasteiger partial charge in [0.15, 0.2) is 0 Å². The van der Waals surface area contributed by atoms with Gasteiger partial charge in [-0.3, -0.25) is 4.57 Å². The number of aliphatic hydroxyl groups is 1. The summed E-state index contributed by atoms with van der Waals surface area (Å²) >= 11 is 0. The molecule has 0 aliphatic carbocycles. The van der Waals surface area contributed by atoms with Crippen molar-refractivity contribution in [2.24, 2.45) is 0 Å². The minimum Gasteiger partial charge on any atom is -0.466 e. The molecule has 1 unspecified atom stereocenters. The molecule has 1 aromatic heterocycles. The summed E-state index contributed by atoms with van der Waals surface area (Å²) in [7, 11) is -3.54. The molecule has 5 nitrogen and oxygen atoms in total. The Labute approximate surface area is 88.5 Å². The van der Waals surface area contributed by atoms with E-state index in [1.165, 1.54) is 12.3 Å². The third-order valence-corrected chi connectivity index (χ3v) is 3.81. The largest absolute Gasteiger partial charge is 0.466 e. The molecular weight excluding hydrogens is 219 g/mol. The molecule has 1 N–H and O–H groups in total. The van der Waals surface area contributed by atoms with Gasteiger partial charge >= 0.3 is 7.60 Å². The zero-order valence-electron chi connectivity index (χ0n) is 8.75. The van der Waals surface area contributed by atoms with Crippen molar-refractivity contribution in [2.45, 2.75) is 19.7 Å². The Morgan fingerprint density at radius 2 is 2.07 bits per heavy atom. The van der Waals surface area contributed by atoms with Crippen molar-refractivity contribution in [1.29, 1.82) is 0 Å². The summed E-state index contributed by atoms with van der Waals surface area (Å²) in [5.74, 6) is -1.19. The van der Waals surface area contributed by atoms with Gasteiger partial charge in [0.25, 0.3) is 0 Å². The van der Waals surface area contributed by atoms with Gasteiger partial charge in [0.05, 0.1) is 19.5 Å². The van der Waals surface area contributed by atoms with Crippen LogP contribution < -0.4 is 0 Å². The van der Waals surface area contributed by atoms with Gasteiger partial charge in [-0.05, 0) is 26.0 Å². The van der Waals surface area contributed by atoms with E-state index in [1.807, 2.05) is 0 Å². The van der Waals surface area contributed by atoms with E-state index in [9.17, 15) is 9.67 Å². The molecule has 6 heteroatoms. The molecule has 0 bridgehead atoms. The summed E-state index contributed by atoms with van der Waals surface area (Å²) in [6, 6.07) is 3.12. The molecule has 0 fully saturated rings. The number of hydrogen-bond acceptors (Lipinski definition) is 5. The quantitative estimate of drug-likeness (QED) is 0.766. The smallest absolute Gasteiger partial charge is 0.366 e. The number of rotatable bonds is 6. The molecule has 1 aromatic rings. The van der Waals surface area contributed by atoms with Crippen LogP contribution in [0, 0.1) is 0 Å². The highest BCUT2D eigenvalue weighted by Gasteiger charge is 2.37. The maximum atomic E-state index is 12.1. The van der Waals surface area contributed by atoms with Gasteiger partial charge in [-0.25, -0.2) is 0 Å². The van der Waals surface area contributed by atoms with Crippen molar-refractivity contribution in [3.8, 4) is 0 Å². The number of furan rings is 1. The second-order valence-corrected chi connectivity index (χ2v) is 4.85. The summed E-state index contributed by atoms with van der Waals surface area (Å²) in [6.45, 7) is 3.77. The summed E-state index contributed by atoms with van der Waals surface area (Å²) in [5, 5.41) is 9.78. The van der Waals surface area contributed by atoms with E-state index in [2.05, 4.69) is 0 Å². The molecule has 0 saturated heterocycles. The van der Waals surface area contributed by atoms with Crippen LogP contribution in [0.15, 0.2) is 22.8 Å². The van der Waals surface area contributed by atoms with Crippen LogP contribution in [0.3, 0.4) is 0 Å². The maximum absolute atomic E-state index is 12.1. The van der Waals surface area contributed by atoms with E-state index < -0.39 is 13.4 Å². The van der Waals surface area contributed by atoms with Crippen LogP contribution >= 0.6 is 7.60 Å². The van der Waals surface area contributed by atoms with Crippen molar-refractivity contribution in [1.82, 2.24) is 0 Å². The van der Waals surface area contributed by atoms with Crippen LogP contribution in [0.2, 0.25) is 0 Å². The van der Waals surface area contributed by atoms with E-state index in [-0.39, 0.29) is 19.0 Å². The zero-order valence-corrected chi connectivity index (χ0v) is 9.65. The van der Waals surface area contributed by atoms with Crippen LogP contribution in [0.4, 0.5) is 0 Å². The summed E-state index contributed by atoms with van der Waals surface area (Å²) < 4.78 is 27.0. The molecule has 86 valence electrons. The molecule has 0 aromatic carbocycles. The first kappa shape index (κ1) is 12.5. The molecule has 1 rings (SSSR count). The molecule has 0 aliphatic rings. The van der Waals surface area contributed by atoms with E-state index in [0.717, 1.165) is 0 Å². The second kappa shape index (κ2) is 5.47. The lowest BCUT2D eigenvalue weighted by molar-refractivity contribution is 0.137. The van der Waals surface area contributed by atoms with Gasteiger partial charge in [0.2, 0.25) is 5.85 Å². The zero-order chi connectivity index (χ0) is 11.3. The molecule has 0 amide bonds.